The van der Waals surface area contributed by atoms with Gasteiger partial charge in [-0.1, -0.05) is 30.3 Å². The first-order chi connectivity index (χ1) is 11.9. The van der Waals surface area contributed by atoms with E-state index in [1.54, 1.807) is 37.4 Å². The van der Waals surface area contributed by atoms with Crippen molar-refractivity contribution in [1.29, 1.82) is 0 Å². The zero-order valence-electron chi connectivity index (χ0n) is 13.5. The fourth-order valence-corrected chi connectivity index (χ4v) is 2.84. The number of hydrogen-bond acceptors (Lipinski definition) is 4. The molecule has 3 aromatic rings. The smallest absolute Gasteiger partial charge is 0.335 e. The van der Waals surface area contributed by atoms with E-state index in [0.717, 1.165) is 15.5 Å². The summed E-state index contributed by atoms with van der Waals surface area (Å²) in [7, 11) is 1.57. The van der Waals surface area contributed by atoms with E-state index in [-0.39, 0.29) is 6.42 Å². The van der Waals surface area contributed by atoms with Gasteiger partial charge >= 0.3 is 11.7 Å². The van der Waals surface area contributed by atoms with Gasteiger partial charge in [-0.15, -0.1) is 0 Å². The third kappa shape index (κ3) is 2.97. The molecule has 0 unspecified atom stereocenters. The van der Waals surface area contributed by atoms with Crippen molar-refractivity contribution in [1.82, 2.24) is 9.13 Å². The highest BCUT2D eigenvalue weighted by atomic mass is 16.4. The molecule has 0 aliphatic rings. The fraction of sp³-hybridized carbons (Fsp3) is 0.167. The van der Waals surface area contributed by atoms with Crippen LogP contribution < -0.4 is 17.0 Å². The quantitative estimate of drug-likeness (QED) is 0.725. The van der Waals surface area contributed by atoms with E-state index in [1.807, 2.05) is 6.07 Å². The molecule has 1 aromatic heterocycles. The van der Waals surface area contributed by atoms with Crippen LogP contribution in [0.25, 0.3) is 16.5 Å². The second kappa shape index (κ2) is 6.37. The van der Waals surface area contributed by atoms with Crippen molar-refractivity contribution >= 4 is 16.7 Å². The summed E-state index contributed by atoms with van der Waals surface area (Å²) < 4.78 is 2.42. The van der Waals surface area contributed by atoms with Gasteiger partial charge in [-0.2, -0.15) is 0 Å². The first-order valence-corrected chi connectivity index (χ1v) is 7.68. The molecule has 1 heterocycles. The second-order valence-corrected chi connectivity index (χ2v) is 5.82. The second-order valence-electron chi connectivity index (χ2n) is 5.82. The summed E-state index contributed by atoms with van der Waals surface area (Å²) in [5.74, 6) is -1.08. The monoisotopic (exact) mass is 339 g/mol. The number of nitrogens with zero attached hydrogens (tertiary/aromatic N) is 2. The summed E-state index contributed by atoms with van der Waals surface area (Å²) in [6.45, 7) is 0. The maximum Gasteiger partial charge on any atom is 0.335 e. The van der Waals surface area contributed by atoms with Gasteiger partial charge in [0.2, 0.25) is 0 Å². The van der Waals surface area contributed by atoms with Gasteiger partial charge in [0.25, 0.3) is 5.56 Å². The van der Waals surface area contributed by atoms with Crippen molar-refractivity contribution in [2.24, 2.45) is 12.8 Å². The number of fused-ring (bicyclic) bond motifs is 1. The van der Waals surface area contributed by atoms with Crippen LogP contribution in [-0.2, 0) is 18.3 Å². The standard InChI is InChI=1S/C18H17N3O4/c1-20-9-8-16(22)21(18(20)25)15-7-3-5-12-11(4-2-6-13(12)15)10-14(19)17(23)24/h2-9,14H,10,19H2,1H3,(H,23,24)/t14-/m0/s1. The van der Waals surface area contributed by atoms with Crippen molar-refractivity contribution in [2.75, 3.05) is 0 Å². The van der Waals surface area contributed by atoms with Crippen LogP contribution in [0.4, 0.5) is 0 Å². The molecule has 3 N–H and O–H groups in total. The van der Waals surface area contributed by atoms with Crippen LogP contribution in [0.2, 0.25) is 0 Å². The summed E-state index contributed by atoms with van der Waals surface area (Å²) in [6.07, 6.45) is 1.57. The number of carbonyl (C=O) groups is 1. The Balaban J connectivity index is 2.27. The highest BCUT2D eigenvalue weighted by Crippen LogP contribution is 2.24. The lowest BCUT2D eigenvalue weighted by atomic mass is 9.98. The van der Waals surface area contributed by atoms with Crippen LogP contribution in [0.3, 0.4) is 0 Å². The summed E-state index contributed by atoms with van der Waals surface area (Å²) in [5, 5.41) is 10.5. The van der Waals surface area contributed by atoms with Crippen molar-refractivity contribution in [3.05, 3.63) is 75.1 Å². The van der Waals surface area contributed by atoms with Gasteiger partial charge in [-0.25, -0.2) is 9.36 Å². The van der Waals surface area contributed by atoms with Gasteiger partial charge in [-0.3, -0.25) is 9.59 Å². The Bertz CT molecular complexity index is 1080. The SMILES string of the molecule is Cn1ccc(=O)n(-c2cccc3c(C[C@H](N)C(=O)O)cccc23)c1=O. The number of nitrogens with two attached hydrogens (primary N) is 1. The van der Waals surface area contributed by atoms with Crippen molar-refractivity contribution in [2.45, 2.75) is 12.5 Å². The molecule has 128 valence electrons. The van der Waals surface area contributed by atoms with Crippen molar-refractivity contribution in [3.8, 4) is 5.69 Å². The number of aromatic nitrogens is 2. The first kappa shape index (κ1) is 16.7. The molecule has 2 aromatic carbocycles. The molecule has 0 bridgehead atoms. The van der Waals surface area contributed by atoms with E-state index >= 15 is 0 Å². The molecule has 25 heavy (non-hydrogen) atoms. The molecule has 0 saturated carbocycles. The van der Waals surface area contributed by atoms with E-state index in [9.17, 15) is 14.4 Å². The van der Waals surface area contributed by atoms with Gasteiger partial charge < -0.3 is 15.4 Å². The van der Waals surface area contributed by atoms with E-state index < -0.39 is 23.3 Å². The Hall–Kier alpha value is -3.19. The number of rotatable bonds is 4. The van der Waals surface area contributed by atoms with Gasteiger partial charge in [0.15, 0.2) is 0 Å². The fourth-order valence-electron chi connectivity index (χ4n) is 2.84. The zero-order chi connectivity index (χ0) is 18.1. The Labute approximate surface area is 142 Å². The zero-order valence-corrected chi connectivity index (χ0v) is 13.5. The number of benzene rings is 2. The molecule has 0 fully saturated rings. The molecule has 0 aliphatic heterocycles. The molecule has 0 radical (unpaired) electrons. The normalized spacial score (nSPS) is 12.2. The van der Waals surface area contributed by atoms with E-state index in [1.165, 1.54) is 16.8 Å². The van der Waals surface area contributed by atoms with Gasteiger partial charge in [0, 0.05) is 24.7 Å². The highest BCUT2D eigenvalue weighted by molar-refractivity contribution is 5.93. The Morgan fingerprint density at radius 1 is 1.12 bits per heavy atom. The lowest BCUT2D eigenvalue weighted by Crippen LogP contribution is -2.36. The van der Waals surface area contributed by atoms with Crippen LogP contribution in [0.1, 0.15) is 5.56 Å². The molecular weight excluding hydrogens is 322 g/mol. The van der Waals surface area contributed by atoms with Crippen LogP contribution in [0.5, 0.6) is 0 Å². The van der Waals surface area contributed by atoms with Gasteiger partial charge in [-0.05, 0) is 23.4 Å². The maximum atomic E-state index is 12.4. The summed E-state index contributed by atoms with van der Waals surface area (Å²) in [6, 6.07) is 10.9. The van der Waals surface area contributed by atoms with E-state index in [2.05, 4.69) is 0 Å². The largest absolute Gasteiger partial charge is 0.480 e. The Morgan fingerprint density at radius 3 is 2.52 bits per heavy atom. The predicted octanol–water partition coefficient (Wildman–Crippen LogP) is 0.644. The molecule has 7 nitrogen and oxygen atoms in total. The summed E-state index contributed by atoms with van der Waals surface area (Å²) in [5.41, 5.74) is 5.97. The summed E-state index contributed by atoms with van der Waals surface area (Å²) in [4.78, 5) is 35.7. The highest BCUT2D eigenvalue weighted by Gasteiger charge is 2.15. The first-order valence-electron chi connectivity index (χ1n) is 7.68. The average Bonchev–Trinajstić information content (AvgIpc) is 2.59. The molecule has 7 heteroatoms. The van der Waals surface area contributed by atoms with Gasteiger partial charge in [0.05, 0.1) is 5.69 Å². The van der Waals surface area contributed by atoms with Gasteiger partial charge in [0.1, 0.15) is 6.04 Å². The molecule has 0 aliphatic carbocycles. The van der Waals surface area contributed by atoms with Crippen molar-refractivity contribution < 1.29 is 9.90 Å². The third-order valence-corrected chi connectivity index (χ3v) is 4.14. The van der Waals surface area contributed by atoms with Crippen LogP contribution in [-0.4, -0.2) is 26.3 Å². The molecule has 0 spiro atoms. The number of hydrogen-bond donors (Lipinski definition) is 2. The minimum Gasteiger partial charge on any atom is -0.480 e. The number of aliphatic carboxylic acids is 1. The maximum absolute atomic E-state index is 12.4. The number of aryl methyl sites for hydroxylation is 1. The van der Waals surface area contributed by atoms with Crippen LogP contribution >= 0.6 is 0 Å². The van der Waals surface area contributed by atoms with Crippen LogP contribution in [0, 0.1) is 0 Å². The Morgan fingerprint density at radius 2 is 1.80 bits per heavy atom. The third-order valence-electron chi connectivity index (χ3n) is 4.14. The molecule has 3 rings (SSSR count). The minimum atomic E-state index is -1.08. The van der Waals surface area contributed by atoms with Crippen LogP contribution in [0.15, 0.2) is 58.3 Å². The average molecular weight is 339 g/mol. The van der Waals surface area contributed by atoms with E-state index in [4.69, 9.17) is 10.8 Å². The molecular formula is C18H17N3O4. The Kier molecular flexibility index (Phi) is 4.24. The summed E-state index contributed by atoms with van der Waals surface area (Å²) >= 11 is 0. The molecule has 1 atom stereocenters. The number of carboxylic acid groups (broad SMARTS) is 1. The predicted molar refractivity (Wildman–Crippen MR) is 94.1 cm³/mol. The minimum absolute atomic E-state index is 0.151. The van der Waals surface area contributed by atoms with E-state index in [0.29, 0.717) is 11.1 Å². The number of carboxylic acids is 1. The molecule has 0 amide bonds. The molecule has 0 saturated heterocycles. The lowest BCUT2D eigenvalue weighted by molar-refractivity contribution is -0.138. The van der Waals surface area contributed by atoms with Crippen molar-refractivity contribution in [3.63, 3.8) is 0 Å². The topological polar surface area (TPSA) is 107 Å². The lowest BCUT2D eigenvalue weighted by Gasteiger charge is -2.13.